The second-order valence-electron chi connectivity index (χ2n) is 6.94. The number of fused-ring (bicyclic) bond motifs is 2. The lowest BCUT2D eigenvalue weighted by Crippen LogP contribution is -2.36. The SMILES string of the molecule is Cc1nc(-c2nnc3n2CCC(NC(=O)Cc2cn4ccsc4n2)CC3)cs1. The van der Waals surface area contributed by atoms with E-state index in [1.54, 1.807) is 22.7 Å². The molecule has 1 amide bonds. The summed E-state index contributed by atoms with van der Waals surface area (Å²) in [6.07, 6.45) is 6.68. The lowest BCUT2D eigenvalue weighted by atomic mass is 10.1. The van der Waals surface area contributed by atoms with E-state index in [9.17, 15) is 4.79 Å². The predicted molar refractivity (Wildman–Crippen MR) is 108 cm³/mol. The van der Waals surface area contributed by atoms with Crippen molar-refractivity contribution >= 4 is 33.5 Å². The minimum Gasteiger partial charge on any atom is -0.353 e. The van der Waals surface area contributed by atoms with Gasteiger partial charge in [0.2, 0.25) is 5.91 Å². The predicted octanol–water partition coefficient (Wildman–Crippen LogP) is 2.48. The molecule has 4 aromatic heterocycles. The lowest BCUT2D eigenvalue weighted by Gasteiger charge is -2.15. The van der Waals surface area contributed by atoms with Crippen molar-refractivity contribution in [1.82, 2.24) is 34.4 Å². The molecule has 1 N–H and O–H groups in total. The summed E-state index contributed by atoms with van der Waals surface area (Å²) in [6, 6.07) is 0.128. The number of aryl methyl sites for hydroxylation is 2. The molecule has 4 aromatic rings. The smallest absolute Gasteiger partial charge is 0.226 e. The van der Waals surface area contributed by atoms with Crippen LogP contribution >= 0.6 is 22.7 Å². The van der Waals surface area contributed by atoms with Crippen molar-refractivity contribution in [2.24, 2.45) is 0 Å². The van der Waals surface area contributed by atoms with Crippen molar-refractivity contribution in [3.05, 3.63) is 39.7 Å². The first-order valence-electron chi connectivity index (χ1n) is 9.21. The zero-order valence-corrected chi connectivity index (χ0v) is 17.0. The number of carbonyl (C=O) groups is 1. The van der Waals surface area contributed by atoms with Gasteiger partial charge in [-0.25, -0.2) is 9.97 Å². The Hall–Kier alpha value is -2.59. The van der Waals surface area contributed by atoms with Gasteiger partial charge < -0.3 is 9.88 Å². The molecule has 5 rings (SSSR count). The van der Waals surface area contributed by atoms with Crippen LogP contribution in [0.1, 0.15) is 29.4 Å². The molecule has 0 radical (unpaired) electrons. The standard InChI is InChI=1S/C18H19N7OS2/c1-11-19-14(10-28-11)17-23-22-15-3-2-12(4-5-25(15)17)20-16(26)8-13-9-24-6-7-27-18(24)21-13/h6-7,9-10,12H,2-5,8H2,1H3,(H,20,26). The molecule has 1 unspecified atom stereocenters. The molecule has 10 heteroatoms. The molecule has 8 nitrogen and oxygen atoms in total. The molecule has 0 aromatic carbocycles. The van der Waals surface area contributed by atoms with Crippen LogP contribution in [0, 0.1) is 6.92 Å². The Bertz CT molecular complexity index is 1110. The van der Waals surface area contributed by atoms with Gasteiger partial charge in [0, 0.05) is 42.2 Å². The molecule has 144 valence electrons. The van der Waals surface area contributed by atoms with E-state index < -0.39 is 0 Å². The molecule has 0 bridgehead atoms. The molecule has 1 aliphatic rings. The van der Waals surface area contributed by atoms with Gasteiger partial charge in [0.05, 0.1) is 17.1 Å². The van der Waals surface area contributed by atoms with E-state index in [2.05, 4.69) is 30.0 Å². The largest absolute Gasteiger partial charge is 0.353 e. The number of nitrogens with one attached hydrogen (secondary N) is 1. The van der Waals surface area contributed by atoms with Crippen molar-refractivity contribution in [3.63, 3.8) is 0 Å². The van der Waals surface area contributed by atoms with E-state index >= 15 is 0 Å². The summed E-state index contributed by atoms with van der Waals surface area (Å²) in [5, 5.41) is 16.9. The lowest BCUT2D eigenvalue weighted by molar-refractivity contribution is -0.121. The highest BCUT2D eigenvalue weighted by Crippen LogP contribution is 2.24. The van der Waals surface area contributed by atoms with Crippen LogP contribution < -0.4 is 5.32 Å². The molecular formula is C18H19N7OS2. The molecule has 0 spiro atoms. The fourth-order valence-corrected chi connectivity index (χ4v) is 4.90. The monoisotopic (exact) mass is 413 g/mol. The summed E-state index contributed by atoms with van der Waals surface area (Å²) in [6.45, 7) is 2.77. The van der Waals surface area contributed by atoms with Gasteiger partial charge in [-0.3, -0.25) is 9.20 Å². The Balaban J connectivity index is 1.24. The van der Waals surface area contributed by atoms with Crippen LogP contribution in [0.25, 0.3) is 16.5 Å². The van der Waals surface area contributed by atoms with E-state index in [0.717, 1.165) is 58.8 Å². The topological polar surface area (TPSA) is 90.0 Å². The number of amides is 1. The van der Waals surface area contributed by atoms with Gasteiger partial charge in [-0.15, -0.1) is 32.9 Å². The number of nitrogens with zero attached hydrogens (tertiary/aromatic N) is 6. The fourth-order valence-electron chi connectivity index (χ4n) is 3.59. The third kappa shape index (κ3) is 3.33. The molecule has 0 fully saturated rings. The van der Waals surface area contributed by atoms with E-state index in [1.165, 1.54) is 0 Å². The Morgan fingerprint density at radius 3 is 3.04 bits per heavy atom. The Morgan fingerprint density at radius 2 is 2.21 bits per heavy atom. The van der Waals surface area contributed by atoms with E-state index in [0.29, 0.717) is 6.42 Å². The normalized spacial score (nSPS) is 16.8. The first kappa shape index (κ1) is 17.5. The fraction of sp³-hybridized carbons (Fsp3) is 0.389. The number of hydrogen-bond acceptors (Lipinski definition) is 7. The molecule has 1 atom stereocenters. The van der Waals surface area contributed by atoms with Crippen LogP contribution in [0.5, 0.6) is 0 Å². The van der Waals surface area contributed by atoms with Crippen molar-refractivity contribution in [1.29, 1.82) is 0 Å². The maximum atomic E-state index is 12.5. The van der Waals surface area contributed by atoms with Gasteiger partial charge in [-0.05, 0) is 19.8 Å². The Kier molecular flexibility index (Phi) is 4.44. The first-order valence-corrected chi connectivity index (χ1v) is 11.0. The molecular weight excluding hydrogens is 394 g/mol. The van der Waals surface area contributed by atoms with Crippen molar-refractivity contribution in [2.45, 2.75) is 45.2 Å². The second-order valence-corrected chi connectivity index (χ2v) is 8.87. The third-order valence-electron chi connectivity index (χ3n) is 4.94. The molecule has 1 aliphatic heterocycles. The van der Waals surface area contributed by atoms with Gasteiger partial charge >= 0.3 is 0 Å². The number of rotatable bonds is 4. The first-order chi connectivity index (χ1) is 13.7. The highest BCUT2D eigenvalue weighted by Gasteiger charge is 2.23. The van der Waals surface area contributed by atoms with Crippen LogP contribution in [0.3, 0.4) is 0 Å². The number of aromatic nitrogens is 6. The minimum atomic E-state index is 0.0174. The van der Waals surface area contributed by atoms with Crippen molar-refractivity contribution < 1.29 is 4.79 Å². The van der Waals surface area contributed by atoms with E-state index in [-0.39, 0.29) is 11.9 Å². The molecule has 28 heavy (non-hydrogen) atoms. The highest BCUT2D eigenvalue weighted by molar-refractivity contribution is 7.15. The summed E-state index contributed by atoms with van der Waals surface area (Å²) in [5.74, 6) is 1.81. The number of hydrogen-bond donors (Lipinski definition) is 1. The average molecular weight is 414 g/mol. The van der Waals surface area contributed by atoms with Crippen LogP contribution in [-0.4, -0.2) is 41.1 Å². The quantitative estimate of drug-likeness (QED) is 0.555. The van der Waals surface area contributed by atoms with Crippen LogP contribution in [0.15, 0.2) is 23.2 Å². The zero-order chi connectivity index (χ0) is 19.1. The minimum absolute atomic E-state index is 0.0174. The molecule has 0 saturated heterocycles. The summed E-state index contributed by atoms with van der Waals surface area (Å²) in [7, 11) is 0. The summed E-state index contributed by atoms with van der Waals surface area (Å²) in [4.78, 5) is 22.4. The zero-order valence-electron chi connectivity index (χ0n) is 15.3. The van der Waals surface area contributed by atoms with Gasteiger partial charge in [0.15, 0.2) is 10.8 Å². The van der Waals surface area contributed by atoms with Crippen LogP contribution in [-0.2, 0) is 24.2 Å². The van der Waals surface area contributed by atoms with Gasteiger partial charge in [-0.1, -0.05) is 0 Å². The van der Waals surface area contributed by atoms with Crippen molar-refractivity contribution in [2.75, 3.05) is 0 Å². The third-order valence-corrected chi connectivity index (χ3v) is 6.49. The van der Waals surface area contributed by atoms with Gasteiger partial charge in [0.1, 0.15) is 11.5 Å². The summed E-state index contributed by atoms with van der Waals surface area (Å²) in [5.41, 5.74) is 1.68. The van der Waals surface area contributed by atoms with Crippen LogP contribution in [0.4, 0.5) is 0 Å². The van der Waals surface area contributed by atoms with E-state index in [4.69, 9.17) is 0 Å². The Labute approximate surface area is 169 Å². The van der Waals surface area contributed by atoms with Crippen molar-refractivity contribution in [3.8, 4) is 11.5 Å². The molecule has 5 heterocycles. The average Bonchev–Trinajstić information content (AvgIpc) is 3.40. The second kappa shape index (κ2) is 7.10. The molecule has 0 aliphatic carbocycles. The number of imidazole rings is 1. The maximum Gasteiger partial charge on any atom is 0.226 e. The van der Waals surface area contributed by atoms with E-state index in [1.807, 2.05) is 34.5 Å². The summed E-state index contributed by atoms with van der Waals surface area (Å²) < 4.78 is 4.09. The highest BCUT2D eigenvalue weighted by atomic mass is 32.1. The molecule has 0 saturated carbocycles. The van der Waals surface area contributed by atoms with Gasteiger partial charge in [-0.2, -0.15) is 0 Å². The van der Waals surface area contributed by atoms with Crippen LogP contribution in [0.2, 0.25) is 0 Å². The number of carbonyl (C=O) groups excluding carboxylic acids is 1. The maximum absolute atomic E-state index is 12.5. The summed E-state index contributed by atoms with van der Waals surface area (Å²) >= 11 is 3.18. The number of thiazole rings is 2. The van der Waals surface area contributed by atoms with Gasteiger partial charge in [0.25, 0.3) is 0 Å². The Morgan fingerprint density at radius 1 is 1.29 bits per heavy atom.